The van der Waals surface area contributed by atoms with Gasteiger partial charge in [-0.3, -0.25) is 4.68 Å². The number of sulfonamides is 1. The van der Waals surface area contributed by atoms with E-state index in [1.807, 2.05) is 6.92 Å². The summed E-state index contributed by atoms with van der Waals surface area (Å²) < 4.78 is 33.0. The molecule has 0 spiro atoms. The third-order valence-electron chi connectivity index (χ3n) is 2.88. The maximum atomic E-state index is 12.4. The van der Waals surface area contributed by atoms with Crippen LogP contribution >= 0.6 is 0 Å². The monoisotopic (exact) mass is 274 g/mol. The summed E-state index contributed by atoms with van der Waals surface area (Å²) in [6, 6.07) is 0. The van der Waals surface area contributed by atoms with E-state index >= 15 is 0 Å². The first-order valence-electron chi connectivity index (χ1n) is 5.96. The topological polar surface area (TPSA) is 90.5 Å². The molecule has 7 nitrogen and oxygen atoms in total. The third-order valence-corrected chi connectivity index (χ3v) is 4.79. The zero-order chi connectivity index (χ0) is 13.2. The van der Waals surface area contributed by atoms with Gasteiger partial charge < -0.3 is 10.5 Å². The standard InChI is InChI=1S/C10H18N4O3S/c1-2-13-8-9(10(11)12-13)18(15,16)14-4-3-6-17-7-5-14/h8H,2-7H2,1H3,(H2,11,12). The van der Waals surface area contributed by atoms with Crippen LogP contribution in [0.4, 0.5) is 5.82 Å². The first kappa shape index (κ1) is 13.3. The van der Waals surface area contributed by atoms with Crippen LogP contribution in [0.1, 0.15) is 13.3 Å². The summed E-state index contributed by atoms with van der Waals surface area (Å²) in [4.78, 5) is 0.0891. The Morgan fingerprint density at radius 1 is 1.44 bits per heavy atom. The van der Waals surface area contributed by atoms with Crippen molar-refractivity contribution in [2.75, 3.05) is 32.0 Å². The molecule has 1 fully saturated rings. The Hall–Kier alpha value is -1.12. The Morgan fingerprint density at radius 2 is 2.22 bits per heavy atom. The molecule has 8 heteroatoms. The van der Waals surface area contributed by atoms with Crippen LogP contribution in [0.15, 0.2) is 11.1 Å². The SMILES string of the molecule is CCn1cc(S(=O)(=O)N2CCCOCC2)c(N)n1. The first-order chi connectivity index (χ1) is 8.55. The van der Waals surface area contributed by atoms with Gasteiger partial charge in [0.15, 0.2) is 5.82 Å². The summed E-state index contributed by atoms with van der Waals surface area (Å²) in [5, 5.41) is 3.97. The molecule has 2 N–H and O–H groups in total. The Labute approximate surface area is 107 Å². The zero-order valence-electron chi connectivity index (χ0n) is 10.4. The van der Waals surface area contributed by atoms with E-state index in [1.54, 1.807) is 0 Å². The maximum Gasteiger partial charge on any atom is 0.248 e. The number of ether oxygens (including phenoxy) is 1. The molecule has 102 valence electrons. The molecule has 1 aliphatic heterocycles. The molecule has 1 aromatic heterocycles. The summed E-state index contributed by atoms with van der Waals surface area (Å²) in [5.41, 5.74) is 5.68. The van der Waals surface area contributed by atoms with E-state index in [9.17, 15) is 8.42 Å². The van der Waals surface area contributed by atoms with Crippen molar-refractivity contribution in [1.82, 2.24) is 14.1 Å². The fraction of sp³-hybridized carbons (Fsp3) is 0.700. The number of nitrogens with zero attached hydrogens (tertiary/aromatic N) is 3. The van der Waals surface area contributed by atoms with E-state index in [0.717, 1.165) is 0 Å². The van der Waals surface area contributed by atoms with Gasteiger partial charge in [0.05, 0.1) is 6.61 Å². The molecular weight excluding hydrogens is 256 g/mol. The molecule has 2 heterocycles. The van der Waals surface area contributed by atoms with Gasteiger partial charge in [-0.15, -0.1) is 0 Å². The first-order valence-corrected chi connectivity index (χ1v) is 7.40. The summed E-state index contributed by atoms with van der Waals surface area (Å²) in [7, 11) is -3.56. The normalized spacial score (nSPS) is 18.7. The van der Waals surface area contributed by atoms with Crippen LogP contribution in [0.25, 0.3) is 0 Å². The second kappa shape index (κ2) is 5.25. The third kappa shape index (κ3) is 2.50. The van der Waals surface area contributed by atoms with E-state index < -0.39 is 10.0 Å². The molecule has 2 rings (SSSR count). The molecule has 1 saturated heterocycles. The van der Waals surface area contributed by atoms with Crippen molar-refractivity contribution in [2.45, 2.75) is 24.8 Å². The molecule has 18 heavy (non-hydrogen) atoms. The Bertz CT molecular complexity index is 503. The highest BCUT2D eigenvalue weighted by atomic mass is 32.2. The lowest BCUT2D eigenvalue weighted by molar-refractivity contribution is 0.148. The van der Waals surface area contributed by atoms with Crippen molar-refractivity contribution < 1.29 is 13.2 Å². The van der Waals surface area contributed by atoms with Crippen LogP contribution in [0.5, 0.6) is 0 Å². The molecule has 0 unspecified atom stereocenters. The van der Waals surface area contributed by atoms with Gasteiger partial charge in [0.25, 0.3) is 0 Å². The predicted octanol–water partition coefficient (Wildman–Crippen LogP) is -0.104. The largest absolute Gasteiger partial charge is 0.381 e. The average molecular weight is 274 g/mol. The highest BCUT2D eigenvalue weighted by molar-refractivity contribution is 7.89. The number of aryl methyl sites for hydroxylation is 1. The number of anilines is 1. The van der Waals surface area contributed by atoms with Crippen LogP contribution in [-0.4, -0.2) is 48.8 Å². The number of hydrogen-bond acceptors (Lipinski definition) is 5. The lowest BCUT2D eigenvalue weighted by atomic mass is 10.5. The van der Waals surface area contributed by atoms with Crippen molar-refractivity contribution in [2.24, 2.45) is 0 Å². The summed E-state index contributed by atoms with van der Waals surface area (Å²) in [6.45, 7) is 4.29. The van der Waals surface area contributed by atoms with Gasteiger partial charge in [-0.1, -0.05) is 0 Å². The molecule has 0 radical (unpaired) electrons. The van der Waals surface area contributed by atoms with Crippen LogP contribution in [0.3, 0.4) is 0 Å². The zero-order valence-corrected chi connectivity index (χ0v) is 11.2. The Kier molecular flexibility index (Phi) is 3.88. The smallest absolute Gasteiger partial charge is 0.248 e. The number of aromatic nitrogens is 2. The van der Waals surface area contributed by atoms with E-state index in [4.69, 9.17) is 10.5 Å². The van der Waals surface area contributed by atoms with Gasteiger partial charge in [0.2, 0.25) is 10.0 Å². The van der Waals surface area contributed by atoms with Crippen molar-refractivity contribution in [3.63, 3.8) is 0 Å². The van der Waals surface area contributed by atoms with E-state index in [1.165, 1.54) is 15.2 Å². The van der Waals surface area contributed by atoms with Crippen LogP contribution < -0.4 is 5.73 Å². The fourth-order valence-corrected chi connectivity index (χ4v) is 3.40. The number of hydrogen-bond donors (Lipinski definition) is 1. The van der Waals surface area contributed by atoms with Crippen LogP contribution in [-0.2, 0) is 21.3 Å². The Morgan fingerprint density at radius 3 is 2.89 bits per heavy atom. The van der Waals surface area contributed by atoms with Gasteiger partial charge in [-0.25, -0.2) is 8.42 Å². The highest BCUT2D eigenvalue weighted by Crippen LogP contribution is 2.22. The minimum Gasteiger partial charge on any atom is -0.381 e. The van der Waals surface area contributed by atoms with Crippen molar-refractivity contribution in [1.29, 1.82) is 0 Å². The van der Waals surface area contributed by atoms with Crippen molar-refractivity contribution in [3.05, 3.63) is 6.20 Å². The molecule has 0 amide bonds. The van der Waals surface area contributed by atoms with Gasteiger partial charge in [-0.2, -0.15) is 9.40 Å². The van der Waals surface area contributed by atoms with Crippen LogP contribution in [0.2, 0.25) is 0 Å². The van der Waals surface area contributed by atoms with Gasteiger partial charge in [0.1, 0.15) is 4.90 Å². The molecule has 1 aromatic rings. The Balaban J connectivity index is 2.31. The quantitative estimate of drug-likeness (QED) is 0.831. The molecule has 1 aliphatic rings. The second-order valence-electron chi connectivity index (χ2n) is 4.10. The molecular formula is C10H18N4O3S. The average Bonchev–Trinajstić information content (AvgIpc) is 2.55. The van der Waals surface area contributed by atoms with Gasteiger partial charge in [-0.05, 0) is 13.3 Å². The number of nitrogen functional groups attached to an aromatic ring is 1. The summed E-state index contributed by atoms with van der Waals surface area (Å²) in [6.07, 6.45) is 2.18. The van der Waals surface area contributed by atoms with E-state index in [2.05, 4.69) is 5.10 Å². The van der Waals surface area contributed by atoms with E-state index in [0.29, 0.717) is 39.3 Å². The second-order valence-corrected chi connectivity index (χ2v) is 6.01. The molecule has 0 aromatic carbocycles. The van der Waals surface area contributed by atoms with Gasteiger partial charge >= 0.3 is 0 Å². The number of nitrogens with two attached hydrogens (primary N) is 1. The minimum atomic E-state index is -3.56. The molecule has 0 bridgehead atoms. The minimum absolute atomic E-state index is 0.0574. The fourth-order valence-electron chi connectivity index (χ4n) is 1.88. The summed E-state index contributed by atoms with van der Waals surface area (Å²) in [5.74, 6) is 0.0574. The molecule has 0 atom stereocenters. The highest BCUT2D eigenvalue weighted by Gasteiger charge is 2.29. The number of rotatable bonds is 3. The predicted molar refractivity (Wildman–Crippen MR) is 66.5 cm³/mol. The summed E-state index contributed by atoms with van der Waals surface area (Å²) >= 11 is 0. The van der Waals surface area contributed by atoms with Crippen molar-refractivity contribution in [3.8, 4) is 0 Å². The van der Waals surface area contributed by atoms with Gasteiger partial charge in [0, 0.05) is 32.4 Å². The maximum absolute atomic E-state index is 12.4. The lowest BCUT2D eigenvalue weighted by Crippen LogP contribution is -2.33. The van der Waals surface area contributed by atoms with E-state index in [-0.39, 0.29) is 10.7 Å². The molecule has 0 aliphatic carbocycles. The van der Waals surface area contributed by atoms with Crippen LogP contribution in [0, 0.1) is 0 Å². The molecule has 0 saturated carbocycles. The van der Waals surface area contributed by atoms with Crippen molar-refractivity contribution >= 4 is 15.8 Å². The lowest BCUT2D eigenvalue weighted by Gasteiger charge is -2.18.